The molecule has 0 aliphatic carbocycles. The SMILES string of the molecule is Cc1cccc(N2CCC(N3CCC(NC(=O)c4ccncc4)C(O)C3)CC2)c1. The molecule has 0 radical (unpaired) electrons. The van der Waals surface area contributed by atoms with Gasteiger partial charge in [-0.25, -0.2) is 0 Å². The quantitative estimate of drug-likeness (QED) is 0.832. The van der Waals surface area contributed by atoms with Crippen LogP contribution in [0.4, 0.5) is 5.69 Å². The largest absolute Gasteiger partial charge is 0.390 e. The van der Waals surface area contributed by atoms with Gasteiger partial charge in [-0.3, -0.25) is 14.7 Å². The number of carbonyl (C=O) groups is 1. The fourth-order valence-corrected chi connectivity index (χ4v) is 4.52. The second kappa shape index (κ2) is 8.93. The van der Waals surface area contributed by atoms with Crippen LogP contribution in [0.2, 0.25) is 0 Å². The fraction of sp³-hybridized carbons (Fsp3) is 0.478. The molecular weight excluding hydrogens is 364 g/mol. The number of aliphatic hydroxyl groups excluding tert-OH is 1. The fourth-order valence-electron chi connectivity index (χ4n) is 4.52. The van der Waals surface area contributed by atoms with E-state index in [0.29, 0.717) is 18.2 Å². The highest BCUT2D eigenvalue weighted by atomic mass is 16.3. The maximum Gasteiger partial charge on any atom is 0.251 e. The summed E-state index contributed by atoms with van der Waals surface area (Å²) in [4.78, 5) is 21.2. The van der Waals surface area contributed by atoms with Gasteiger partial charge in [-0.2, -0.15) is 0 Å². The molecule has 1 amide bonds. The minimum absolute atomic E-state index is 0.142. The van der Waals surface area contributed by atoms with Crippen LogP contribution in [0.5, 0.6) is 0 Å². The second-order valence-electron chi connectivity index (χ2n) is 8.22. The zero-order chi connectivity index (χ0) is 20.2. The summed E-state index contributed by atoms with van der Waals surface area (Å²) < 4.78 is 0. The first kappa shape index (κ1) is 19.9. The molecule has 2 aromatic rings. The van der Waals surface area contributed by atoms with Crippen molar-refractivity contribution in [3.63, 3.8) is 0 Å². The van der Waals surface area contributed by atoms with E-state index in [1.807, 2.05) is 0 Å². The van der Waals surface area contributed by atoms with Crippen molar-refractivity contribution in [3.8, 4) is 0 Å². The molecule has 2 N–H and O–H groups in total. The molecule has 6 heteroatoms. The first-order chi connectivity index (χ1) is 14.1. The van der Waals surface area contributed by atoms with Crippen LogP contribution in [0.3, 0.4) is 0 Å². The molecular formula is C23H30N4O2. The number of piperidine rings is 2. The summed E-state index contributed by atoms with van der Waals surface area (Å²) in [6.07, 6.45) is 5.66. The number of carbonyl (C=O) groups excluding carboxylic acids is 1. The van der Waals surface area contributed by atoms with Gasteiger partial charge in [-0.15, -0.1) is 0 Å². The molecule has 2 fully saturated rings. The number of nitrogens with one attached hydrogen (secondary N) is 1. The second-order valence-corrected chi connectivity index (χ2v) is 8.22. The summed E-state index contributed by atoms with van der Waals surface area (Å²) in [5, 5.41) is 13.6. The molecule has 1 aromatic heterocycles. The molecule has 29 heavy (non-hydrogen) atoms. The molecule has 2 saturated heterocycles. The number of hydrogen-bond acceptors (Lipinski definition) is 5. The van der Waals surface area contributed by atoms with Gasteiger partial charge in [0, 0.05) is 55.9 Å². The van der Waals surface area contributed by atoms with Gasteiger partial charge in [0.25, 0.3) is 5.91 Å². The van der Waals surface area contributed by atoms with Crippen LogP contribution in [-0.4, -0.2) is 65.3 Å². The summed E-state index contributed by atoms with van der Waals surface area (Å²) >= 11 is 0. The molecule has 154 valence electrons. The Morgan fingerprint density at radius 1 is 1.10 bits per heavy atom. The zero-order valence-corrected chi connectivity index (χ0v) is 17.0. The minimum atomic E-state index is -0.538. The van der Waals surface area contributed by atoms with Crippen molar-refractivity contribution < 1.29 is 9.90 Å². The van der Waals surface area contributed by atoms with Gasteiger partial charge < -0.3 is 15.3 Å². The Kier molecular flexibility index (Phi) is 6.11. The Balaban J connectivity index is 1.27. The van der Waals surface area contributed by atoms with Crippen LogP contribution in [-0.2, 0) is 0 Å². The standard InChI is InChI=1S/C23H30N4O2/c1-17-3-2-4-20(15-17)26-12-7-19(8-13-26)27-14-9-21(22(28)16-27)25-23(29)18-5-10-24-11-6-18/h2-6,10-11,15,19,21-22,28H,7-9,12-14,16H2,1H3,(H,25,29). The molecule has 2 unspecified atom stereocenters. The van der Waals surface area contributed by atoms with Gasteiger partial charge in [0.1, 0.15) is 0 Å². The molecule has 6 nitrogen and oxygen atoms in total. The Morgan fingerprint density at radius 3 is 2.55 bits per heavy atom. The number of benzene rings is 1. The minimum Gasteiger partial charge on any atom is -0.390 e. The first-order valence-corrected chi connectivity index (χ1v) is 10.5. The predicted octanol–water partition coefficient (Wildman–Crippen LogP) is 2.22. The summed E-state index contributed by atoms with van der Waals surface area (Å²) in [6, 6.07) is 12.4. The van der Waals surface area contributed by atoms with Crippen LogP contribution in [0.1, 0.15) is 35.2 Å². The molecule has 0 saturated carbocycles. The van der Waals surface area contributed by atoms with Gasteiger partial charge in [-0.05, 0) is 56.0 Å². The number of rotatable bonds is 4. The number of anilines is 1. The van der Waals surface area contributed by atoms with Crippen LogP contribution in [0.25, 0.3) is 0 Å². The van der Waals surface area contributed by atoms with Gasteiger partial charge in [0.05, 0.1) is 12.1 Å². The monoisotopic (exact) mass is 394 g/mol. The Bertz CT molecular complexity index is 821. The van der Waals surface area contributed by atoms with Crippen LogP contribution < -0.4 is 10.2 Å². The van der Waals surface area contributed by atoms with E-state index < -0.39 is 6.10 Å². The average molecular weight is 395 g/mol. The van der Waals surface area contributed by atoms with E-state index >= 15 is 0 Å². The third-order valence-electron chi connectivity index (χ3n) is 6.22. The van der Waals surface area contributed by atoms with E-state index in [2.05, 4.69) is 51.3 Å². The van der Waals surface area contributed by atoms with E-state index in [9.17, 15) is 9.90 Å². The van der Waals surface area contributed by atoms with Crippen molar-refractivity contribution in [1.29, 1.82) is 0 Å². The highest BCUT2D eigenvalue weighted by Crippen LogP contribution is 2.25. The predicted molar refractivity (Wildman–Crippen MR) is 114 cm³/mol. The number of aromatic nitrogens is 1. The highest BCUT2D eigenvalue weighted by Gasteiger charge is 2.33. The first-order valence-electron chi connectivity index (χ1n) is 10.5. The molecule has 1 aromatic carbocycles. The maximum absolute atomic E-state index is 12.4. The van der Waals surface area contributed by atoms with Crippen molar-refractivity contribution in [1.82, 2.24) is 15.2 Å². The molecule has 3 heterocycles. The van der Waals surface area contributed by atoms with E-state index in [1.165, 1.54) is 11.3 Å². The van der Waals surface area contributed by atoms with Crippen molar-refractivity contribution in [2.24, 2.45) is 0 Å². The number of pyridine rings is 1. The summed E-state index contributed by atoms with van der Waals surface area (Å²) in [5.74, 6) is -0.142. The van der Waals surface area contributed by atoms with Crippen molar-refractivity contribution >= 4 is 11.6 Å². The van der Waals surface area contributed by atoms with E-state index in [0.717, 1.165) is 38.9 Å². The van der Waals surface area contributed by atoms with Gasteiger partial charge in [0.2, 0.25) is 0 Å². The van der Waals surface area contributed by atoms with Gasteiger partial charge >= 0.3 is 0 Å². The molecule has 2 atom stereocenters. The van der Waals surface area contributed by atoms with Gasteiger partial charge in [0.15, 0.2) is 0 Å². The molecule has 2 aliphatic rings. The number of likely N-dealkylation sites (tertiary alicyclic amines) is 1. The van der Waals surface area contributed by atoms with Crippen LogP contribution >= 0.6 is 0 Å². The van der Waals surface area contributed by atoms with E-state index in [4.69, 9.17) is 0 Å². The Hall–Kier alpha value is -2.44. The smallest absolute Gasteiger partial charge is 0.251 e. The van der Waals surface area contributed by atoms with Crippen LogP contribution in [0.15, 0.2) is 48.8 Å². The number of aliphatic hydroxyl groups is 1. The van der Waals surface area contributed by atoms with Crippen LogP contribution in [0, 0.1) is 6.92 Å². The lowest BCUT2D eigenvalue weighted by Crippen LogP contribution is -2.57. The molecule has 0 bridgehead atoms. The van der Waals surface area contributed by atoms with Crippen molar-refractivity contribution in [2.75, 3.05) is 31.1 Å². The Morgan fingerprint density at radius 2 is 1.86 bits per heavy atom. The lowest BCUT2D eigenvalue weighted by Gasteiger charge is -2.44. The maximum atomic E-state index is 12.4. The highest BCUT2D eigenvalue weighted by molar-refractivity contribution is 5.94. The topological polar surface area (TPSA) is 68.7 Å². The van der Waals surface area contributed by atoms with E-state index in [1.54, 1.807) is 24.5 Å². The number of hydrogen-bond donors (Lipinski definition) is 2. The van der Waals surface area contributed by atoms with Crippen molar-refractivity contribution in [3.05, 3.63) is 59.9 Å². The summed E-state index contributed by atoms with van der Waals surface area (Å²) in [7, 11) is 0. The van der Waals surface area contributed by atoms with Crippen molar-refractivity contribution in [2.45, 2.75) is 44.4 Å². The lowest BCUT2D eigenvalue weighted by molar-refractivity contribution is 0.0154. The number of aryl methyl sites for hydroxylation is 1. The number of β-amino-alcohol motifs (C(OH)–C–C–N with tert-alkyl or cyclic N) is 1. The summed E-state index contributed by atoms with van der Waals surface area (Å²) in [6.45, 7) is 5.75. The Labute approximate surface area is 172 Å². The average Bonchev–Trinajstić information content (AvgIpc) is 2.76. The van der Waals surface area contributed by atoms with Gasteiger partial charge in [-0.1, -0.05) is 12.1 Å². The lowest BCUT2D eigenvalue weighted by atomic mass is 9.95. The number of nitrogens with zero attached hydrogens (tertiary/aromatic N) is 3. The van der Waals surface area contributed by atoms with E-state index in [-0.39, 0.29) is 11.9 Å². The normalized spacial score (nSPS) is 23.7. The number of amides is 1. The third-order valence-corrected chi connectivity index (χ3v) is 6.22. The molecule has 0 spiro atoms. The molecule has 2 aliphatic heterocycles. The third kappa shape index (κ3) is 4.77. The zero-order valence-electron chi connectivity index (χ0n) is 17.0. The molecule has 4 rings (SSSR count). The summed E-state index contributed by atoms with van der Waals surface area (Å²) in [5.41, 5.74) is 3.18.